The van der Waals surface area contributed by atoms with E-state index in [4.69, 9.17) is 10.5 Å². The third-order valence-electron chi connectivity index (χ3n) is 7.80. The van der Waals surface area contributed by atoms with E-state index in [1.165, 1.54) is 4.90 Å². The van der Waals surface area contributed by atoms with Gasteiger partial charge in [-0.25, -0.2) is 4.99 Å². The molecule has 0 saturated heterocycles. The highest BCUT2D eigenvalue weighted by Gasteiger charge is 2.45. The number of fused-ring (bicyclic) bond motifs is 2. The first kappa shape index (κ1) is 25.0. The molecule has 194 valence electrons. The number of amides is 2. The highest BCUT2D eigenvalue weighted by molar-refractivity contribution is 6.00. The van der Waals surface area contributed by atoms with E-state index in [1.807, 2.05) is 52.0 Å². The van der Waals surface area contributed by atoms with Gasteiger partial charge >= 0.3 is 0 Å². The monoisotopic (exact) mass is 502 g/mol. The molecule has 8 nitrogen and oxygen atoms in total. The van der Waals surface area contributed by atoms with E-state index in [-0.39, 0.29) is 24.2 Å². The number of nitrogens with one attached hydrogen (secondary N) is 1. The second-order valence-corrected chi connectivity index (χ2v) is 11.2. The lowest BCUT2D eigenvalue weighted by Gasteiger charge is -2.45. The van der Waals surface area contributed by atoms with Gasteiger partial charge in [0, 0.05) is 24.0 Å². The molecule has 0 radical (unpaired) electrons. The van der Waals surface area contributed by atoms with Crippen molar-refractivity contribution in [1.82, 2.24) is 10.2 Å². The Hall–Kier alpha value is -3.65. The zero-order valence-corrected chi connectivity index (χ0v) is 21.7. The van der Waals surface area contributed by atoms with Gasteiger partial charge in [-0.15, -0.1) is 0 Å². The minimum atomic E-state index is -0.749. The first-order valence-corrected chi connectivity index (χ1v) is 12.6. The summed E-state index contributed by atoms with van der Waals surface area (Å²) in [6.07, 6.45) is 0.441. The van der Waals surface area contributed by atoms with Crippen LogP contribution in [-0.4, -0.2) is 45.0 Å². The average Bonchev–Trinajstić information content (AvgIpc) is 3.12. The van der Waals surface area contributed by atoms with E-state index in [1.54, 1.807) is 18.2 Å². The minimum Gasteiger partial charge on any atom is -0.487 e. The Bertz CT molecular complexity index is 1330. The number of ether oxygens (including phenoxy) is 1. The summed E-state index contributed by atoms with van der Waals surface area (Å²) in [6, 6.07) is 12.0. The summed E-state index contributed by atoms with van der Waals surface area (Å²) in [7, 11) is 0. The molecule has 5 rings (SSSR count). The van der Waals surface area contributed by atoms with Crippen LogP contribution in [0.15, 0.2) is 59.6 Å². The number of nitrogens with two attached hydrogens (primary N) is 1. The number of aliphatic hydroxyl groups excluding tert-OH is 1. The first-order valence-electron chi connectivity index (χ1n) is 12.6. The van der Waals surface area contributed by atoms with Crippen LogP contribution < -0.4 is 15.8 Å². The largest absolute Gasteiger partial charge is 0.487 e. The molecule has 0 saturated carbocycles. The normalized spacial score (nSPS) is 28.0. The number of benzene rings is 2. The maximum atomic E-state index is 13.4. The average molecular weight is 503 g/mol. The fourth-order valence-corrected chi connectivity index (χ4v) is 5.59. The van der Waals surface area contributed by atoms with Crippen molar-refractivity contribution in [3.05, 3.63) is 76.9 Å². The van der Waals surface area contributed by atoms with Gasteiger partial charge in [-0.2, -0.15) is 0 Å². The molecule has 0 bridgehead atoms. The van der Waals surface area contributed by atoms with Gasteiger partial charge in [0.05, 0.1) is 30.1 Å². The predicted molar refractivity (Wildman–Crippen MR) is 141 cm³/mol. The summed E-state index contributed by atoms with van der Waals surface area (Å²) in [4.78, 5) is 32.9. The fourth-order valence-electron chi connectivity index (χ4n) is 5.59. The van der Waals surface area contributed by atoms with Crippen molar-refractivity contribution in [2.24, 2.45) is 10.7 Å². The Morgan fingerprint density at radius 3 is 2.65 bits per heavy atom. The summed E-state index contributed by atoms with van der Waals surface area (Å²) in [5, 5.41) is 13.6. The van der Waals surface area contributed by atoms with E-state index >= 15 is 0 Å². The van der Waals surface area contributed by atoms with Gasteiger partial charge in [-0.05, 0) is 57.0 Å². The number of carbonyl (C=O) groups excluding carboxylic acids is 2. The van der Waals surface area contributed by atoms with Gasteiger partial charge in [0.25, 0.3) is 5.91 Å². The number of nitrogens with zero attached hydrogens (tertiary/aromatic N) is 2. The summed E-state index contributed by atoms with van der Waals surface area (Å²) in [5.41, 5.74) is 8.92. The SMILES string of the molecule is C=C(C)[C@]1(C)CC(=O)N([C@@H]2CC(C)(C)Oc3ccc(C(=O)N[C@@H]4c5ccccc5C[C@H]4O)cc32)C(N)=N1. The molecule has 4 N–H and O–H groups in total. The number of rotatable bonds is 4. The molecular formula is C29H34N4O4. The molecule has 0 unspecified atom stereocenters. The maximum absolute atomic E-state index is 13.4. The second-order valence-electron chi connectivity index (χ2n) is 11.2. The highest BCUT2D eigenvalue weighted by Crippen LogP contribution is 2.45. The lowest BCUT2D eigenvalue weighted by molar-refractivity contribution is -0.132. The van der Waals surface area contributed by atoms with Crippen LogP contribution in [0.4, 0.5) is 0 Å². The lowest BCUT2D eigenvalue weighted by Crippen LogP contribution is -2.54. The van der Waals surface area contributed by atoms with Crippen LogP contribution in [0.2, 0.25) is 0 Å². The van der Waals surface area contributed by atoms with Crippen molar-refractivity contribution >= 4 is 17.8 Å². The van der Waals surface area contributed by atoms with E-state index in [2.05, 4.69) is 16.9 Å². The molecule has 0 spiro atoms. The van der Waals surface area contributed by atoms with Gasteiger partial charge in [-0.1, -0.05) is 36.4 Å². The number of aliphatic hydroxyl groups is 1. The summed E-state index contributed by atoms with van der Waals surface area (Å²) < 4.78 is 6.22. The molecule has 2 amide bonds. The van der Waals surface area contributed by atoms with E-state index in [0.29, 0.717) is 29.7 Å². The molecule has 2 aromatic carbocycles. The number of carbonyl (C=O) groups is 2. The van der Waals surface area contributed by atoms with Gasteiger partial charge < -0.3 is 20.9 Å². The quantitative estimate of drug-likeness (QED) is 0.553. The summed E-state index contributed by atoms with van der Waals surface area (Å²) >= 11 is 0. The number of aliphatic imine (C=N–C) groups is 1. The zero-order valence-electron chi connectivity index (χ0n) is 21.7. The van der Waals surface area contributed by atoms with E-state index in [0.717, 1.165) is 16.7 Å². The Kier molecular flexibility index (Phi) is 5.90. The molecule has 8 heteroatoms. The van der Waals surface area contributed by atoms with Crippen molar-refractivity contribution in [2.45, 2.75) is 76.3 Å². The van der Waals surface area contributed by atoms with Crippen LogP contribution in [0.5, 0.6) is 5.75 Å². The molecule has 2 heterocycles. The smallest absolute Gasteiger partial charge is 0.251 e. The third kappa shape index (κ3) is 4.39. The van der Waals surface area contributed by atoms with Crippen molar-refractivity contribution < 1.29 is 19.4 Å². The van der Waals surface area contributed by atoms with Gasteiger partial charge in [-0.3, -0.25) is 14.5 Å². The van der Waals surface area contributed by atoms with Crippen LogP contribution in [0, 0.1) is 0 Å². The fraction of sp³-hybridized carbons (Fsp3) is 0.414. The van der Waals surface area contributed by atoms with E-state index in [9.17, 15) is 14.7 Å². The number of hydrogen-bond acceptors (Lipinski definition) is 6. The van der Waals surface area contributed by atoms with Gasteiger partial charge in [0.1, 0.15) is 11.4 Å². The lowest BCUT2D eigenvalue weighted by atomic mass is 9.85. The Morgan fingerprint density at radius 1 is 1.22 bits per heavy atom. The molecular weight excluding hydrogens is 468 g/mol. The minimum absolute atomic E-state index is 0.135. The van der Waals surface area contributed by atoms with E-state index < -0.39 is 29.3 Å². The van der Waals surface area contributed by atoms with Gasteiger partial charge in [0.15, 0.2) is 5.96 Å². The Balaban J connectivity index is 1.48. The highest BCUT2D eigenvalue weighted by atomic mass is 16.5. The molecule has 3 aliphatic rings. The Morgan fingerprint density at radius 2 is 1.95 bits per heavy atom. The molecule has 37 heavy (non-hydrogen) atoms. The molecule has 0 fully saturated rings. The maximum Gasteiger partial charge on any atom is 0.251 e. The predicted octanol–water partition coefficient (Wildman–Crippen LogP) is 3.56. The standard InChI is InChI=1S/C29H34N4O4/c1-16(2)29(5)15-24(35)33(27(30)32-29)21-14-28(3,4)37-23-11-10-18(12-20(21)23)26(36)31-25-19-9-7-6-8-17(19)13-22(25)34/h6-12,21-22,25,34H,1,13-15H2,2-5H3,(H2,30,32)(H,31,36)/t21-,22-,25-,29+/m1/s1. The van der Waals surface area contributed by atoms with Crippen molar-refractivity contribution in [3.63, 3.8) is 0 Å². The molecule has 2 aromatic rings. The first-order chi connectivity index (χ1) is 17.4. The van der Waals surface area contributed by atoms with Crippen molar-refractivity contribution in [3.8, 4) is 5.75 Å². The van der Waals surface area contributed by atoms with Crippen LogP contribution in [0.3, 0.4) is 0 Å². The zero-order chi connectivity index (χ0) is 26.7. The molecule has 4 atom stereocenters. The molecule has 1 aliphatic carbocycles. The van der Waals surface area contributed by atoms with Crippen LogP contribution in [0.25, 0.3) is 0 Å². The number of hydrogen-bond donors (Lipinski definition) is 3. The Labute approximate surface area is 217 Å². The van der Waals surface area contributed by atoms with Crippen molar-refractivity contribution in [1.29, 1.82) is 0 Å². The summed E-state index contributed by atoms with van der Waals surface area (Å²) in [6.45, 7) is 11.6. The molecule has 2 aliphatic heterocycles. The van der Waals surface area contributed by atoms with Crippen LogP contribution in [0.1, 0.15) is 79.7 Å². The van der Waals surface area contributed by atoms with Crippen LogP contribution >= 0.6 is 0 Å². The third-order valence-corrected chi connectivity index (χ3v) is 7.80. The topological polar surface area (TPSA) is 117 Å². The van der Waals surface area contributed by atoms with Crippen LogP contribution in [-0.2, 0) is 11.2 Å². The van der Waals surface area contributed by atoms with Gasteiger partial charge in [0.2, 0.25) is 5.91 Å². The summed E-state index contributed by atoms with van der Waals surface area (Å²) in [5.74, 6) is 0.273. The number of guanidine groups is 1. The molecule has 0 aromatic heterocycles. The van der Waals surface area contributed by atoms with Crippen molar-refractivity contribution in [2.75, 3.05) is 0 Å². The second kappa shape index (κ2) is 8.73.